The molecule has 0 atom stereocenters. The molecule has 0 fully saturated rings. The Bertz CT molecular complexity index is 568. The largest absolute Gasteiger partial charge is 0.451 e. The fraction of sp³-hybridized carbons (Fsp3) is 0.400. The lowest BCUT2D eigenvalue weighted by Crippen LogP contribution is -2.17. The van der Waals surface area contributed by atoms with E-state index < -0.39 is 13.7 Å². The zero-order valence-corrected chi connectivity index (χ0v) is 12.5. The highest BCUT2D eigenvalue weighted by Crippen LogP contribution is 2.36. The molecule has 1 aromatic rings. The second kappa shape index (κ2) is 3.99. The zero-order valence-electron chi connectivity index (χ0n) is 11.5. The van der Waals surface area contributed by atoms with Crippen molar-refractivity contribution in [3.8, 4) is 11.5 Å². The van der Waals surface area contributed by atoms with Gasteiger partial charge in [0.15, 0.2) is 0 Å². The summed E-state index contributed by atoms with van der Waals surface area (Å²) in [6.45, 7) is 10.5. The predicted molar refractivity (Wildman–Crippen MR) is 75.1 cm³/mol. The van der Waals surface area contributed by atoms with Gasteiger partial charge in [0.05, 0.1) is 5.56 Å². The third-order valence-corrected chi connectivity index (χ3v) is 3.69. The molecule has 1 aromatic carbocycles. The lowest BCUT2D eigenvalue weighted by Gasteiger charge is -2.17. The summed E-state index contributed by atoms with van der Waals surface area (Å²) < 4.78 is 5.34. The standard InChI is InChI=1S/C15H18O2Si/c1-15(2)13-10-11(8-9-18(3,4)5)6-7-12(13)14(16)17-15/h6-7,10H,1-5H3. The van der Waals surface area contributed by atoms with Crippen LogP contribution in [0.25, 0.3) is 0 Å². The zero-order chi connectivity index (χ0) is 13.6. The Labute approximate surface area is 109 Å². The van der Waals surface area contributed by atoms with Crippen molar-refractivity contribution in [3.05, 3.63) is 34.9 Å². The van der Waals surface area contributed by atoms with Gasteiger partial charge >= 0.3 is 5.97 Å². The quantitative estimate of drug-likeness (QED) is 0.405. The minimum absolute atomic E-state index is 0.236. The van der Waals surface area contributed by atoms with E-state index in [0.29, 0.717) is 5.56 Å². The predicted octanol–water partition coefficient (Wildman–Crippen LogP) is 3.32. The van der Waals surface area contributed by atoms with Crippen molar-refractivity contribution >= 4 is 14.0 Å². The van der Waals surface area contributed by atoms with E-state index in [1.807, 2.05) is 32.0 Å². The van der Waals surface area contributed by atoms with Crippen molar-refractivity contribution in [1.29, 1.82) is 0 Å². The Balaban J connectivity index is 2.45. The Hall–Kier alpha value is -1.53. The van der Waals surface area contributed by atoms with Crippen LogP contribution in [0, 0.1) is 11.5 Å². The van der Waals surface area contributed by atoms with E-state index in [0.717, 1.165) is 11.1 Å². The van der Waals surface area contributed by atoms with Gasteiger partial charge in [-0.3, -0.25) is 0 Å². The Morgan fingerprint density at radius 3 is 2.50 bits per heavy atom. The maximum Gasteiger partial charge on any atom is 0.339 e. The highest BCUT2D eigenvalue weighted by Gasteiger charge is 2.37. The monoisotopic (exact) mass is 258 g/mol. The molecule has 0 aliphatic carbocycles. The topological polar surface area (TPSA) is 26.3 Å². The summed E-state index contributed by atoms with van der Waals surface area (Å²) in [6.07, 6.45) is 0. The molecule has 0 aromatic heterocycles. The van der Waals surface area contributed by atoms with Crippen molar-refractivity contribution in [3.63, 3.8) is 0 Å². The van der Waals surface area contributed by atoms with Crippen molar-refractivity contribution in [2.45, 2.75) is 39.1 Å². The van der Waals surface area contributed by atoms with Gasteiger partial charge in [-0.2, -0.15) is 0 Å². The van der Waals surface area contributed by atoms with E-state index in [4.69, 9.17) is 4.74 Å². The molecule has 1 aliphatic rings. The van der Waals surface area contributed by atoms with Gasteiger partial charge in [0.1, 0.15) is 13.7 Å². The van der Waals surface area contributed by atoms with Gasteiger partial charge < -0.3 is 4.74 Å². The van der Waals surface area contributed by atoms with E-state index >= 15 is 0 Å². The number of cyclic esters (lactones) is 1. The minimum Gasteiger partial charge on any atom is -0.451 e. The molecule has 2 rings (SSSR count). The van der Waals surface area contributed by atoms with E-state index in [9.17, 15) is 4.79 Å². The normalized spacial score (nSPS) is 16.6. The molecule has 0 saturated heterocycles. The Morgan fingerprint density at radius 2 is 1.89 bits per heavy atom. The summed E-state index contributed by atoms with van der Waals surface area (Å²) in [5.74, 6) is 2.98. The van der Waals surface area contributed by atoms with Crippen LogP contribution in [0.4, 0.5) is 0 Å². The summed E-state index contributed by atoms with van der Waals surface area (Å²) >= 11 is 0. The first-order valence-electron chi connectivity index (χ1n) is 6.10. The third-order valence-electron chi connectivity index (χ3n) is 2.82. The van der Waals surface area contributed by atoms with Gasteiger partial charge in [0.25, 0.3) is 0 Å². The van der Waals surface area contributed by atoms with Gasteiger partial charge in [-0.15, -0.1) is 5.54 Å². The number of carbonyl (C=O) groups is 1. The van der Waals surface area contributed by atoms with E-state index in [2.05, 4.69) is 31.1 Å². The van der Waals surface area contributed by atoms with E-state index in [-0.39, 0.29) is 5.97 Å². The average Bonchev–Trinajstić information content (AvgIpc) is 2.46. The Kier molecular flexibility index (Phi) is 2.87. The SMILES string of the molecule is CC1(C)OC(=O)c2ccc(C#C[Si](C)(C)C)cc21. The van der Waals surface area contributed by atoms with Crippen LogP contribution in [0.1, 0.15) is 35.3 Å². The number of esters is 1. The smallest absolute Gasteiger partial charge is 0.339 e. The van der Waals surface area contributed by atoms with Gasteiger partial charge in [0.2, 0.25) is 0 Å². The number of rotatable bonds is 0. The molecule has 2 nitrogen and oxygen atoms in total. The fourth-order valence-corrected chi connectivity index (χ4v) is 2.42. The highest BCUT2D eigenvalue weighted by molar-refractivity contribution is 6.83. The van der Waals surface area contributed by atoms with Crippen LogP contribution in [-0.4, -0.2) is 14.0 Å². The van der Waals surface area contributed by atoms with Crippen LogP contribution in [-0.2, 0) is 10.3 Å². The number of hydrogen-bond donors (Lipinski definition) is 0. The van der Waals surface area contributed by atoms with Crippen molar-refractivity contribution in [1.82, 2.24) is 0 Å². The maximum absolute atomic E-state index is 11.7. The van der Waals surface area contributed by atoms with Crippen LogP contribution in [0.5, 0.6) is 0 Å². The molecular formula is C15H18O2Si. The molecule has 0 spiro atoms. The van der Waals surface area contributed by atoms with Gasteiger partial charge in [-0.1, -0.05) is 25.6 Å². The second-order valence-electron chi connectivity index (χ2n) is 6.16. The highest BCUT2D eigenvalue weighted by atomic mass is 28.3. The van der Waals surface area contributed by atoms with Gasteiger partial charge in [-0.25, -0.2) is 4.79 Å². The van der Waals surface area contributed by atoms with Crippen LogP contribution in [0.2, 0.25) is 19.6 Å². The number of carbonyl (C=O) groups excluding carboxylic acids is 1. The summed E-state index contributed by atoms with van der Waals surface area (Å²) in [5.41, 5.74) is 5.36. The molecular weight excluding hydrogens is 240 g/mol. The molecule has 0 radical (unpaired) electrons. The van der Waals surface area contributed by atoms with Crippen LogP contribution in [0.3, 0.4) is 0 Å². The third kappa shape index (κ3) is 2.49. The molecule has 1 aliphatic heterocycles. The fourth-order valence-electron chi connectivity index (χ4n) is 1.90. The first kappa shape index (κ1) is 12.9. The first-order chi connectivity index (χ1) is 8.19. The molecule has 3 heteroatoms. The minimum atomic E-state index is -1.37. The van der Waals surface area contributed by atoms with Crippen molar-refractivity contribution < 1.29 is 9.53 Å². The lowest BCUT2D eigenvalue weighted by molar-refractivity contribution is 0.00954. The van der Waals surface area contributed by atoms with Gasteiger partial charge in [0, 0.05) is 11.1 Å². The van der Waals surface area contributed by atoms with Crippen LogP contribution in [0.15, 0.2) is 18.2 Å². The molecule has 0 bridgehead atoms. The van der Waals surface area contributed by atoms with Crippen molar-refractivity contribution in [2.75, 3.05) is 0 Å². The number of hydrogen-bond acceptors (Lipinski definition) is 2. The second-order valence-corrected chi connectivity index (χ2v) is 10.9. The first-order valence-corrected chi connectivity index (χ1v) is 9.60. The summed E-state index contributed by atoms with van der Waals surface area (Å²) in [4.78, 5) is 11.7. The summed E-state index contributed by atoms with van der Waals surface area (Å²) in [5, 5.41) is 0. The van der Waals surface area contributed by atoms with Gasteiger partial charge in [-0.05, 0) is 32.0 Å². The maximum atomic E-state index is 11.7. The molecule has 0 N–H and O–H groups in total. The Morgan fingerprint density at radius 1 is 1.22 bits per heavy atom. The summed E-state index contributed by atoms with van der Waals surface area (Å²) in [6, 6.07) is 5.70. The van der Waals surface area contributed by atoms with Crippen LogP contribution >= 0.6 is 0 Å². The molecule has 1 heterocycles. The molecule has 94 valence electrons. The van der Waals surface area contributed by atoms with Crippen molar-refractivity contribution in [2.24, 2.45) is 0 Å². The van der Waals surface area contributed by atoms with Crippen LogP contribution < -0.4 is 0 Å². The van der Waals surface area contributed by atoms with E-state index in [1.54, 1.807) is 0 Å². The number of fused-ring (bicyclic) bond motifs is 1. The molecule has 18 heavy (non-hydrogen) atoms. The number of benzene rings is 1. The summed E-state index contributed by atoms with van der Waals surface area (Å²) in [7, 11) is -1.37. The average molecular weight is 258 g/mol. The molecule has 0 amide bonds. The molecule has 0 saturated carbocycles. The number of ether oxygens (including phenoxy) is 1. The lowest BCUT2D eigenvalue weighted by atomic mass is 9.94. The molecule has 0 unspecified atom stereocenters. The van der Waals surface area contributed by atoms with E-state index in [1.165, 1.54) is 0 Å².